The van der Waals surface area contributed by atoms with Crippen LogP contribution in [-0.4, -0.2) is 58.6 Å². The van der Waals surface area contributed by atoms with Gasteiger partial charge in [0.25, 0.3) is 5.56 Å². The molecule has 2 atom stereocenters. The maximum absolute atomic E-state index is 13.5. The quantitative estimate of drug-likeness (QED) is 0.701. The van der Waals surface area contributed by atoms with E-state index in [4.69, 9.17) is 27.1 Å². The van der Waals surface area contributed by atoms with Gasteiger partial charge in [0.15, 0.2) is 0 Å². The summed E-state index contributed by atoms with van der Waals surface area (Å²) in [6.45, 7) is 7.36. The van der Waals surface area contributed by atoms with Crippen molar-refractivity contribution in [2.75, 3.05) is 36.5 Å². The van der Waals surface area contributed by atoms with Gasteiger partial charge in [-0.1, -0.05) is 11.6 Å². The molecule has 3 aliphatic heterocycles. The van der Waals surface area contributed by atoms with Gasteiger partial charge in [0.2, 0.25) is 5.95 Å². The minimum absolute atomic E-state index is 0.0180. The third kappa shape index (κ3) is 3.53. The molecular formula is C23H30ClN7O2. The average Bonchev–Trinajstić information content (AvgIpc) is 3.36. The van der Waals surface area contributed by atoms with Gasteiger partial charge < -0.3 is 20.7 Å². The number of hydrogen-bond acceptors (Lipinski definition) is 8. The molecule has 33 heavy (non-hydrogen) atoms. The van der Waals surface area contributed by atoms with Gasteiger partial charge in [0, 0.05) is 49.9 Å². The maximum atomic E-state index is 13.5. The zero-order valence-electron chi connectivity index (χ0n) is 19.3. The Kier molecular flexibility index (Phi) is 5.66. The molecule has 0 aliphatic carbocycles. The molecule has 3 N–H and O–H groups in total. The molecule has 9 nitrogen and oxygen atoms in total. The number of rotatable bonds is 4. The molecule has 0 bridgehead atoms. The largest absolute Gasteiger partial charge is 0.376 e. The smallest absolute Gasteiger partial charge is 0.264 e. The summed E-state index contributed by atoms with van der Waals surface area (Å²) in [5.41, 5.74) is 8.85. The Morgan fingerprint density at radius 1 is 1.36 bits per heavy atom. The van der Waals surface area contributed by atoms with Crippen LogP contribution < -0.4 is 21.5 Å². The van der Waals surface area contributed by atoms with E-state index in [1.807, 2.05) is 13.8 Å². The Bertz CT molecular complexity index is 1170. The van der Waals surface area contributed by atoms with Crippen molar-refractivity contribution in [3.8, 4) is 0 Å². The number of ether oxygens (including phenoxy) is 1. The number of pyridine rings is 1. The van der Waals surface area contributed by atoms with Gasteiger partial charge in [-0.05, 0) is 32.8 Å². The minimum Gasteiger partial charge on any atom is -0.376 e. The standard InChI is InChI=1S/C23H30ClN7O2/c1-4-26-20-17(24)14(5-8-27-20)18-16-15(11-28-18)29-22(30(3)21(16)32)31-9-6-23(7-10-31)12-33-13(2)19(23)25/h5,8,13,19H,4,6-7,9-12,25H2,1-3H3,(H,26,27)/t13-,19+/m0/s1. The number of halogens is 1. The van der Waals surface area contributed by atoms with E-state index in [1.54, 1.807) is 23.9 Å². The fourth-order valence-electron chi connectivity index (χ4n) is 5.26. The lowest BCUT2D eigenvalue weighted by Crippen LogP contribution is -2.51. The van der Waals surface area contributed by atoms with E-state index >= 15 is 0 Å². The average molecular weight is 472 g/mol. The molecule has 0 radical (unpaired) electrons. The molecule has 5 rings (SSSR count). The number of piperidine rings is 1. The van der Waals surface area contributed by atoms with E-state index in [-0.39, 0.29) is 23.1 Å². The van der Waals surface area contributed by atoms with Gasteiger partial charge in [-0.2, -0.15) is 0 Å². The number of aromatic nitrogens is 3. The van der Waals surface area contributed by atoms with E-state index in [9.17, 15) is 4.79 Å². The summed E-state index contributed by atoms with van der Waals surface area (Å²) in [7, 11) is 1.77. The number of hydrogen-bond donors (Lipinski definition) is 2. The summed E-state index contributed by atoms with van der Waals surface area (Å²) in [5.74, 6) is 1.26. The summed E-state index contributed by atoms with van der Waals surface area (Å²) < 4.78 is 7.47. The first kappa shape index (κ1) is 22.3. The van der Waals surface area contributed by atoms with Crippen LogP contribution in [0, 0.1) is 5.41 Å². The number of nitrogens with one attached hydrogen (secondary N) is 1. The zero-order valence-corrected chi connectivity index (χ0v) is 20.0. The van der Waals surface area contributed by atoms with E-state index in [0.717, 1.165) is 25.9 Å². The summed E-state index contributed by atoms with van der Waals surface area (Å²) in [5, 5.41) is 3.61. The Labute approximate surface area is 198 Å². The molecule has 176 valence electrons. The third-order valence-corrected chi connectivity index (χ3v) is 7.73. The summed E-state index contributed by atoms with van der Waals surface area (Å²) >= 11 is 6.60. The highest BCUT2D eigenvalue weighted by atomic mass is 35.5. The van der Waals surface area contributed by atoms with Crippen LogP contribution in [0.25, 0.3) is 0 Å². The van der Waals surface area contributed by atoms with E-state index in [2.05, 4.69) is 20.2 Å². The van der Waals surface area contributed by atoms with Crippen LogP contribution in [0.1, 0.15) is 43.5 Å². The first-order valence-corrected chi connectivity index (χ1v) is 11.9. The number of anilines is 2. The van der Waals surface area contributed by atoms with Gasteiger partial charge in [0.1, 0.15) is 5.82 Å². The van der Waals surface area contributed by atoms with Gasteiger partial charge in [-0.3, -0.25) is 14.4 Å². The SMILES string of the molecule is CCNc1nccc(C2=NCc3nc(N4CCC5(CC4)CO[C@@H](C)[C@H]5N)n(C)c(=O)c32)c1Cl. The normalized spacial score (nSPS) is 23.7. The second-order valence-electron chi connectivity index (χ2n) is 9.21. The van der Waals surface area contributed by atoms with Crippen LogP contribution in [0.4, 0.5) is 11.8 Å². The van der Waals surface area contributed by atoms with Crippen molar-refractivity contribution in [1.29, 1.82) is 0 Å². The highest BCUT2D eigenvalue weighted by Gasteiger charge is 2.48. The minimum atomic E-state index is -0.112. The number of fused-ring (bicyclic) bond motifs is 1. The molecule has 1 spiro atoms. The topological polar surface area (TPSA) is 111 Å². The fraction of sp³-hybridized carbons (Fsp3) is 0.565. The van der Waals surface area contributed by atoms with E-state index < -0.39 is 0 Å². The van der Waals surface area contributed by atoms with Crippen LogP contribution >= 0.6 is 11.6 Å². The highest BCUT2D eigenvalue weighted by Crippen LogP contribution is 2.41. The molecule has 2 saturated heterocycles. The molecule has 0 saturated carbocycles. The number of aliphatic imine (C=N–C) groups is 1. The molecule has 0 unspecified atom stereocenters. The van der Waals surface area contributed by atoms with Crippen molar-refractivity contribution in [2.24, 2.45) is 23.2 Å². The second kappa shape index (κ2) is 8.38. The van der Waals surface area contributed by atoms with Crippen molar-refractivity contribution < 1.29 is 4.74 Å². The molecule has 0 amide bonds. The van der Waals surface area contributed by atoms with Crippen LogP contribution in [0.15, 0.2) is 22.1 Å². The summed E-state index contributed by atoms with van der Waals surface area (Å²) in [6.07, 6.45) is 3.61. The van der Waals surface area contributed by atoms with Crippen molar-refractivity contribution >= 4 is 29.1 Å². The first-order chi connectivity index (χ1) is 15.9. The monoisotopic (exact) mass is 471 g/mol. The Morgan fingerprint density at radius 2 is 2.12 bits per heavy atom. The van der Waals surface area contributed by atoms with Crippen molar-refractivity contribution in [1.82, 2.24) is 14.5 Å². The zero-order chi connectivity index (χ0) is 23.3. The molecule has 5 heterocycles. The van der Waals surface area contributed by atoms with Crippen molar-refractivity contribution in [3.63, 3.8) is 0 Å². The molecule has 0 aromatic carbocycles. The first-order valence-electron chi connectivity index (χ1n) is 11.5. The van der Waals surface area contributed by atoms with Gasteiger partial charge in [0.05, 0.1) is 41.2 Å². The predicted molar refractivity (Wildman–Crippen MR) is 130 cm³/mol. The van der Waals surface area contributed by atoms with Crippen molar-refractivity contribution in [2.45, 2.75) is 45.4 Å². The lowest BCUT2D eigenvalue weighted by molar-refractivity contribution is 0.0973. The Hall–Kier alpha value is -2.49. The number of nitrogens with two attached hydrogens (primary N) is 1. The summed E-state index contributed by atoms with van der Waals surface area (Å²) in [4.78, 5) is 29.5. The van der Waals surface area contributed by atoms with Crippen LogP contribution in [0.5, 0.6) is 0 Å². The predicted octanol–water partition coefficient (Wildman–Crippen LogP) is 1.94. The second-order valence-corrected chi connectivity index (χ2v) is 9.58. The maximum Gasteiger partial charge on any atom is 0.264 e. The summed E-state index contributed by atoms with van der Waals surface area (Å²) in [6, 6.07) is 1.84. The molecule has 2 aromatic heterocycles. The lowest BCUT2D eigenvalue weighted by atomic mass is 9.73. The van der Waals surface area contributed by atoms with Gasteiger partial charge in [-0.25, -0.2) is 9.97 Å². The van der Waals surface area contributed by atoms with Gasteiger partial charge in [-0.15, -0.1) is 0 Å². The highest BCUT2D eigenvalue weighted by molar-refractivity contribution is 6.37. The van der Waals surface area contributed by atoms with Crippen LogP contribution in [0.2, 0.25) is 5.02 Å². The Morgan fingerprint density at radius 3 is 2.79 bits per heavy atom. The van der Waals surface area contributed by atoms with Crippen LogP contribution in [-0.2, 0) is 18.3 Å². The molecule has 3 aliphatic rings. The van der Waals surface area contributed by atoms with Crippen molar-refractivity contribution in [3.05, 3.63) is 44.5 Å². The Balaban J connectivity index is 1.44. The van der Waals surface area contributed by atoms with Crippen LogP contribution in [0.3, 0.4) is 0 Å². The third-order valence-electron chi connectivity index (χ3n) is 7.34. The molecule has 10 heteroatoms. The van der Waals surface area contributed by atoms with Gasteiger partial charge >= 0.3 is 0 Å². The fourth-order valence-corrected chi connectivity index (χ4v) is 5.53. The molecular weight excluding hydrogens is 442 g/mol. The number of nitrogens with zero attached hydrogens (tertiary/aromatic N) is 5. The van der Waals surface area contributed by atoms with E-state index in [0.29, 0.717) is 59.0 Å². The molecule has 2 fully saturated rings. The van der Waals surface area contributed by atoms with E-state index in [1.165, 1.54) is 0 Å². The lowest BCUT2D eigenvalue weighted by Gasteiger charge is -2.41. The molecule has 2 aromatic rings.